The van der Waals surface area contributed by atoms with E-state index >= 15 is 0 Å². The van der Waals surface area contributed by atoms with Crippen molar-refractivity contribution in [3.63, 3.8) is 0 Å². The van der Waals surface area contributed by atoms with Crippen LogP contribution in [0.5, 0.6) is 11.5 Å². The van der Waals surface area contributed by atoms with Gasteiger partial charge in [-0.3, -0.25) is 4.79 Å². The van der Waals surface area contributed by atoms with Gasteiger partial charge < -0.3 is 19.9 Å². The van der Waals surface area contributed by atoms with E-state index in [4.69, 9.17) is 9.47 Å². The number of nitriles is 1. The third-order valence-corrected chi connectivity index (χ3v) is 5.93. The molecule has 1 amide bonds. The number of amides is 1. The zero-order chi connectivity index (χ0) is 22.4. The summed E-state index contributed by atoms with van der Waals surface area (Å²) in [6, 6.07) is 6.63. The second-order valence-electron chi connectivity index (χ2n) is 6.44. The normalized spacial score (nSPS) is 11.2. The summed E-state index contributed by atoms with van der Waals surface area (Å²) in [6.07, 6.45) is 1.37. The lowest BCUT2D eigenvalue weighted by molar-refractivity contribution is -0.112. The summed E-state index contributed by atoms with van der Waals surface area (Å²) in [6.45, 7) is 6.05. The van der Waals surface area contributed by atoms with Gasteiger partial charge in [-0.05, 0) is 58.6 Å². The third kappa shape index (κ3) is 5.40. The zero-order valence-corrected chi connectivity index (χ0v) is 19.3. The number of rotatable bonds is 7. The molecule has 0 fully saturated rings. The van der Waals surface area contributed by atoms with Crippen molar-refractivity contribution in [2.24, 2.45) is 0 Å². The quantitative estimate of drug-likeness (QED) is 0.317. The standard InChI is InChI=1S/C21H21BrN2O5S/c1-5-29-16-8-12(7-15(22)18(16)25)6-13(10-23)19(26)24-20-14(21(27)28-4)9-17(30-20)11(2)3/h6-9,11,25H,5H2,1-4H3,(H,24,26)/b13-6+. The largest absolute Gasteiger partial charge is 0.503 e. The van der Waals surface area contributed by atoms with E-state index in [1.165, 1.54) is 30.6 Å². The molecule has 9 heteroatoms. The maximum Gasteiger partial charge on any atom is 0.340 e. The molecule has 0 aliphatic carbocycles. The Hall–Kier alpha value is -2.83. The average Bonchev–Trinajstić information content (AvgIpc) is 3.13. The minimum atomic E-state index is -0.665. The summed E-state index contributed by atoms with van der Waals surface area (Å²) < 4.78 is 10.5. The summed E-state index contributed by atoms with van der Waals surface area (Å²) in [5.41, 5.74) is 0.547. The van der Waals surface area contributed by atoms with Gasteiger partial charge in [-0.2, -0.15) is 5.26 Å². The van der Waals surface area contributed by atoms with E-state index in [1.807, 2.05) is 19.9 Å². The number of hydrogen-bond donors (Lipinski definition) is 2. The lowest BCUT2D eigenvalue weighted by Crippen LogP contribution is -2.15. The van der Waals surface area contributed by atoms with E-state index in [9.17, 15) is 20.0 Å². The highest BCUT2D eigenvalue weighted by atomic mass is 79.9. The number of hydrogen-bond acceptors (Lipinski definition) is 7. The molecule has 2 N–H and O–H groups in total. The van der Waals surface area contributed by atoms with E-state index in [-0.39, 0.29) is 28.6 Å². The average molecular weight is 493 g/mol. The Bertz CT molecular complexity index is 1040. The SMILES string of the molecule is CCOc1cc(/C=C(\C#N)C(=O)Nc2sc(C(C)C)cc2C(=O)OC)cc(Br)c1O. The number of ether oxygens (including phenoxy) is 2. The minimum absolute atomic E-state index is 0.0699. The molecule has 0 aliphatic heterocycles. The highest BCUT2D eigenvalue weighted by Gasteiger charge is 2.21. The van der Waals surface area contributed by atoms with Crippen molar-refractivity contribution in [2.75, 3.05) is 19.0 Å². The molecule has 0 spiro atoms. The monoisotopic (exact) mass is 492 g/mol. The molecule has 158 valence electrons. The first-order valence-corrected chi connectivity index (χ1v) is 10.6. The second-order valence-corrected chi connectivity index (χ2v) is 8.38. The zero-order valence-electron chi connectivity index (χ0n) is 16.9. The number of methoxy groups -OCH3 is 1. The van der Waals surface area contributed by atoms with Gasteiger partial charge in [-0.1, -0.05) is 13.8 Å². The van der Waals surface area contributed by atoms with Crippen LogP contribution in [0.25, 0.3) is 6.08 Å². The molecule has 0 atom stereocenters. The number of nitrogens with zero attached hydrogens (tertiary/aromatic N) is 1. The van der Waals surface area contributed by atoms with Crippen LogP contribution in [-0.4, -0.2) is 30.7 Å². The number of anilines is 1. The van der Waals surface area contributed by atoms with E-state index < -0.39 is 11.9 Å². The number of thiophene rings is 1. The van der Waals surface area contributed by atoms with Gasteiger partial charge in [0, 0.05) is 4.88 Å². The topological polar surface area (TPSA) is 109 Å². The number of carbonyl (C=O) groups is 2. The minimum Gasteiger partial charge on any atom is -0.503 e. The Balaban J connectivity index is 2.38. The lowest BCUT2D eigenvalue weighted by Gasteiger charge is -2.09. The molecule has 2 rings (SSSR count). The van der Waals surface area contributed by atoms with Crippen LogP contribution >= 0.6 is 27.3 Å². The summed E-state index contributed by atoms with van der Waals surface area (Å²) >= 11 is 4.48. The van der Waals surface area contributed by atoms with Gasteiger partial charge in [0.05, 0.1) is 23.8 Å². The first-order chi connectivity index (χ1) is 14.2. The predicted octanol–water partition coefficient (Wildman–Crippen LogP) is 5.07. The van der Waals surface area contributed by atoms with E-state index in [0.717, 1.165) is 4.88 Å². The second kappa shape index (κ2) is 10.3. The van der Waals surface area contributed by atoms with Crippen LogP contribution in [0.2, 0.25) is 0 Å². The van der Waals surface area contributed by atoms with Gasteiger partial charge in [0.15, 0.2) is 11.5 Å². The molecular weight excluding hydrogens is 472 g/mol. The fourth-order valence-electron chi connectivity index (χ4n) is 2.48. The fraction of sp³-hybridized carbons (Fsp3) is 0.286. The molecule has 0 unspecified atom stereocenters. The Morgan fingerprint density at radius 2 is 2.07 bits per heavy atom. The van der Waals surface area contributed by atoms with E-state index in [0.29, 0.717) is 21.6 Å². The van der Waals surface area contributed by atoms with Crippen molar-refractivity contribution in [1.29, 1.82) is 5.26 Å². The molecule has 30 heavy (non-hydrogen) atoms. The van der Waals surface area contributed by atoms with Crippen molar-refractivity contribution >= 4 is 50.2 Å². The molecule has 1 heterocycles. The molecule has 0 radical (unpaired) electrons. The molecule has 0 saturated heterocycles. The van der Waals surface area contributed by atoms with Crippen molar-refractivity contribution in [3.8, 4) is 17.6 Å². The Labute approximate surface area is 187 Å². The summed E-state index contributed by atoms with van der Waals surface area (Å²) in [4.78, 5) is 25.7. The number of phenolic OH excluding ortho intramolecular Hbond substituents is 1. The van der Waals surface area contributed by atoms with Gasteiger partial charge in [-0.25, -0.2) is 4.79 Å². The van der Waals surface area contributed by atoms with Crippen LogP contribution in [-0.2, 0) is 9.53 Å². The predicted molar refractivity (Wildman–Crippen MR) is 119 cm³/mol. The van der Waals surface area contributed by atoms with Gasteiger partial charge >= 0.3 is 5.97 Å². The number of nitrogens with one attached hydrogen (secondary N) is 1. The molecule has 0 saturated carbocycles. The van der Waals surface area contributed by atoms with Crippen LogP contribution in [0.4, 0.5) is 5.00 Å². The molecule has 1 aromatic heterocycles. The highest BCUT2D eigenvalue weighted by molar-refractivity contribution is 9.10. The first-order valence-electron chi connectivity index (χ1n) is 9.02. The summed E-state index contributed by atoms with van der Waals surface area (Å²) in [5, 5.41) is 22.5. The molecule has 0 bridgehead atoms. The Kier molecular flexibility index (Phi) is 8.03. The fourth-order valence-corrected chi connectivity index (χ4v) is 3.98. The smallest absolute Gasteiger partial charge is 0.340 e. The molecule has 1 aromatic carbocycles. The summed E-state index contributed by atoms with van der Waals surface area (Å²) in [7, 11) is 1.26. The molecular formula is C21H21BrN2O5S. The maximum absolute atomic E-state index is 12.7. The number of halogens is 1. The van der Waals surface area contributed by atoms with Crippen LogP contribution in [0.15, 0.2) is 28.2 Å². The number of aromatic hydroxyl groups is 1. The molecule has 2 aromatic rings. The number of benzene rings is 1. The van der Waals surface area contributed by atoms with Crippen LogP contribution in [0, 0.1) is 11.3 Å². The van der Waals surface area contributed by atoms with Gasteiger partial charge in [0.25, 0.3) is 5.91 Å². The lowest BCUT2D eigenvalue weighted by atomic mass is 10.1. The van der Waals surface area contributed by atoms with Crippen LogP contribution < -0.4 is 10.1 Å². The number of phenols is 1. The van der Waals surface area contributed by atoms with Gasteiger partial charge in [0.1, 0.15) is 16.6 Å². The van der Waals surface area contributed by atoms with Crippen molar-refractivity contribution in [1.82, 2.24) is 0 Å². The van der Waals surface area contributed by atoms with Crippen molar-refractivity contribution in [2.45, 2.75) is 26.7 Å². The number of carbonyl (C=O) groups excluding carboxylic acids is 2. The van der Waals surface area contributed by atoms with E-state index in [1.54, 1.807) is 19.1 Å². The number of esters is 1. The maximum atomic E-state index is 12.7. The van der Waals surface area contributed by atoms with Gasteiger partial charge in [-0.15, -0.1) is 11.3 Å². The highest BCUT2D eigenvalue weighted by Crippen LogP contribution is 2.36. The van der Waals surface area contributed by atoms with Crippen LogP contribution in [0.1, 0.15) is 47.5 Å². The first kappa shape index (κ1) is 23.4. The molecule has 0 aliphatic rings. The third-order valence-electron chi connectivity index (χ3n) is 3.98. The van der Waals surface area contributed by atoms with Crippen molar-refractivity contribution in [3.05, 3.63) is 44.2 Å². The van der Waals surface area contributed by atoms with E-state index in [2.05, 4.69) is 21.2 Å². The Morgan fingerprint density at radius 1 is 1.37 bits per heavy atom. The van der Waals surface area contributed by atoms with Gasteiger partial charge in [0.2, 0.25) is 0 Å². The van der Waals surface area contributed by atoms with Crippen molar-refractivity contribution < 1.29 is 24.2 Å². The molecule has 7 nitrogen and oxygen atoms in total. The van der Waals surface area contributed by atoms with Crippen LogP contribution in [0.3, 0.4) is 0 Å². The summed E-state index contributed by atoms with van der Waals surface area (Å²) in [5.74, 6) is -0.925. The Morgan fingerprint density at radius 3 is 2.63 bits per heavy atom.